The van der Waals surface area contributed by atoms with Gasteiger partial charge in [-0.1, -0.05) is 139 Å². The van der Waals surface area contributed by atoms with E-state index in [4.69, 9.17) is 13.6 Å². The maximum atomic E-state index is 11.9. The molecule has 5 nitrogen and oxygen atoms in total. The molecule has 1 atom stereocenters. The van der Waals surface area contributed by atoms with Gasteiger partial charge in [0.25, 0.3) is 0 Å². The number of hydrogen-bond donors (Lipinski definition) is 1. The van der Waals surface area contributed by atoms with Crippen molar-refractivity contribution in [1.29, 1.82) is 0 Å². The van der Waals surface area contributed by atoms with Crippen molar-refractivity contribution >= 4 is 14.4 Å². The van der Waals surface area contributed by atoms with E-state index < -0.39 is 14.7 Å². The number of aliphatic hydroxyl groups is 1. The van der Waals surface area contributed by atoms with Gasteiger partial charge in [-0.05, 0) is 18.4 Å². The van der Waals surface area contributed by atoms with Gasteiger partial charge in [0.05, 0.1) is 13.2 Å². The minimum atomic E-state index is -1.11. The molecule has 208 valence electrons. The van der Waals surface area contributed by atoms with E-state index >= 15 is 0 Å². The van der Waals surface area contributed by atoms with Crippen LogP contribution in [0.25, 0.3) is 0 Å². The summed E-state index contributed by atoms with van der Waals surface area (Å²) in [5.41, 5.74) is 1.15. The van der Waals surface area contributed by atoms with Gasteiger partial charge in [-0.25, -0.2) is 0 Å². The minimum absolute atomic E-state index is 0.271. The van der Waals surface area contributed by atoms with Crippen LogP contribution in [0.4, 0.5) is 0 Å². The Hall–Kier alpha value is -1.62. The predicted octanol–water partition coefficient (Wildman–Crippen LogP) is 9.22. The Morgan fingerprint density at radius 1 is 0.703 bits per heavy atom. The molecule has 0 radical (unpaired) electrons. The van der Waals surface area contributed by atoms with E-state index in [0.29, 0.717) is 11.1 Å². The van der Waals surface area contributed by atoms with E-state index in [1.54, 1.807) is 55.6 Å². The van der Waals surface area contributed by atoms with Gasteiger partial charge in [-0.2, -0.15) is 0 Å². The van der Waals surface area contributed by atoms with Crippen molar-refractivity contribution in [3.8, 4) is 0 Å². The van der Waals surface area contributed by atoms with Gasteiger partial charge in [0.2, 0.25) is 0 Å². The first-order chi connectivity index (χ1) is 18.1. The number of aliphatic hydroxyl groups excluding tert-OH is 1. The van der Waals surface area contributed by atoms with Gasteiger partial charge < -0.3 is 18.7 Å². The van der Waals surface area contributed by atoms with E-state index in [0.717, 1.165) is 26.1 Å². The van der Waals surface area contributed by atoms with Crippen molar-refractivity contribution in [3.63, 3.8) is 0 Å². The third kappa shape index (κ3) is 16.8. The lowest BCUT2D eigenvalue weighted by atomic mass is 10.0. The number of Topliss-reactive ketones (excluding diaryl/α,β-unsaturated/α-hetero) is 1. The molecule has 0 aromatic heterocycles. The average molecular weight is 533 g/mol. The molecule has 0 bridgehead atoms. The van der Waals surface area contributed by atoms with Gasteiger partial charge in [0.1, 0.15) is 6.10 Å². The molecule has 6 heteroatoms. The standard InChI is InChI=1S/C17H37O3P.C14H12O2/c1-4-6-8-10-12-14-16-19-21(18-3)20-17-15-13-11-9-7-5-2;15-13(11-7-3-1-4-8-11)14(16)12-9-5-2-6-10-12/h4-17H2,1-3H3;1-10,13,15H. The summed E-state index contributed by atoms with van der Waals surface area (Å²) in [7, 11) is 0.561. The van der Waals surface area contributed by atoms with Crippen molar-refractivity contribution in [1.82, 2.24) is 0 Å². The van der Waals surface area contributed by atoms with Gasteiger partial charge in [0.15, 0.2) is 5.78 Å². The number of carbonyl (C=O) groups is 1. The molecule has 0 saturated heterocycles. The van der Waals surface area contributed by atoms with Crippen LogP contribution < -0.4 is 0 Å². The van der Waals surface area contributed by atoms with E-state index in [1.165, 1.54) is 64.2 Å². The highest BCUT2D eigenvalue weighted by Crippen LogP contribution is 2.38. The highest BCUT2D eigenvalue weighted by Gasteiger charge is 2.18. The molecule has 1 N–H and O–H groups in total. The first-order valence-corrected chi connectivity index (χ1v) is 15.2. The van der Waals surface area contributed by atoms with Crippen LogP contribution >= 0.6 is 8.60 Å². The quantitative estimate of drug-likeness (QED) is 0.105. The molecule has 0 aliphatic heterocycles. The summed E-state index contributed by atoms with van der Waals surface area (Å²) < 4.78 is 16.6. The largest absolute Gasteiger partial charge is 0.380 e. The second kappa shape index (κ2) is 23.5. The van der Waals surface area contributed by atoms with Crippen molar-refractivity contribution in [2.75, 3.05) is 20.3 Å². The number of unbranched alkanes of at least 4 members (excludes halogenated alkanes) is 10. The number of ketones is 1. The van der Waals surface area contributed by atoms with Crippen LogP contribution in [0.5, 0.6) is 0 Å². The van der Waals surface area contributed by atoms with Gasteiger partial charge in [-0.15, -0.1) is 0 Å². The summed E-state index contributed by atoms with van der Waals surface area (Å²) >= 11 is 0. The van der Waals surface area contributed by atoms with E-state index in [9.17, 15) is 9.90 Å². The van der Waals surface area contributed by atoms with E-state index in [-0.39, 0.29) is 5.78 Å². The summed E-state index contributed by atoms with van der Waals surface area (Å²) in [5, 5.41) is 9.89. The molecule has 0 saturated carbocycles. The fourth-order valence-electron chi connectivity index (χ4n) is 3.73. The zero-order valence-corrected chi connectivity index (χ0v) is 24.2. The lowest BCUT2D eigenvalue weighted by molar-refractivity contribution is 0.0747. The fourth-order valence-corrected chi connectivity index (χ4v) is 4.57. The second-order valence-corrected chi connectivity index (χ2v) is 10.5. The molecule has 0 aliphatic carbocycles. The lowest BCUT2D eigenvalue weighted by Crippen LogP contribution is -2.11. The molecule has 37 heavy (non-hydrogen) atoms. The third-order valence-electron chi connectivity index (χ3n) is 5.96. The van der Waals surface area contributed by atoms with Gasteiger partial charge in [0, 0.05) is 12.7 Å². The monoisotopic (exact) mass is 532 g/mol. The van der Waals surface area contributed by atoms with Crippen molar-refractivity contribution in [2.24, 2.45) is 0 Å². The van der Waals surface area contributed by atoms with Crippen LogP contribution in [0, 0.1) is 0 Å². The van der Waals surface area contributed by atoms with Crippen LogP contribution in [-0.4, -0.2) is 31.2 Å². The Bertz CT molecular complexity index is 754. The maximum Gasteiger partial charge on any atom is 0.332 e. The van der Waals surface area contributed by atoms with Crippen LogP contribution in [0.15, 0.2) is 60.7 Å². The Kier molecular flexibility index (Phi) is 21.2. The molecule has 0 fully saturated rings. The lowest BCUT2D eigenvalue weighted by Gasteiger charge is -2.14. The molecule has 0 amide bonds. The summed E-state index contributed by atoms with van der Waals surface area (Å²) in [4.78, 5) is 11.9. The fraction of sp³-hybridized carbons (Fsp3) is 0.581. The van der Waals surface area contributed by atoms with E-state index in [2.05, 4.69) is 13.8 Å². The Balaban J connectivity index is 0.000000381. The average Bonchev–Trinajstić information content (AvgIpc) is 2.95. The first kappa shape index (κ1) is 33.4. The second-order valence-electron chi connectivity index (χ2n) is 9.15. The normalized spacial score (nSPS) is 11.7. The highest BCUT2D eigenvalue weighted by molar-refractivity contribution is 7.41. The molecule has 0 aliphatic rings. The highest BCUT2D eigenvalue weighted by atomic mass is 31.2. The Morgan fingerprint density at radius 2 is 1.14 bits per heavy atom. The molecule has 0 heterocycles. The Labute approximate surface area is 226 Å². The topological polar surface area (TPSA) is 65.0 Å². The van der Waals surface area contributed by atoms with Crippen molar-refractivity contribution in [2.45, 2.75) is 97.0 Å². The maximum absolute atomic E-state index is 11.9. The SMILES string of the molecule is CCCCCCCCOP(OC)OCCCCCCCC.O=C(c1ccccc1)C(O)c1ccccc1. The van der Waals surface area contributed by atoms with Crippen molar-refractivity contribution < 1.29 is 23.5 Å². The van der Waals surface area contributed by atoms with Gasteiger partial charge >= 0.3 is 8.60 Å². The Morgan fingerprint density at radius 3 is 1.59 bits per heavy atom. The smallest absolute Gasteiger partial charge is 0.332 e. The summed E-state index contributed by atoms with van der Waals surface area (Å²) in [6, 6.07) is 17.7. The van der Waals surface area contributed by atoms with Crippen LogP contribution in [0.2, 0.25) is 0 Å². The predicted molar refractivity (Wildman–Crippen MR) is 155 cm³/mol. The number of benzene rings is 2. The summed E-state index contributed by atoms with van der Waals surface area (Å²) in [5.74, 6) is -0.271. The molecule has 0 spiro atoms. The van der Waals surface area contributed by atoms with Crippen LogP contribution in [0.1, 0.15) is 113 Å². The van der Waals surface area contributed by atoms with Crippen LogP contribution in [-0.2, 0) is 13.6 Å². The summed E-state index contributed by atoms with van der Waals surface area (Å²) in [6.07, 6.45) is 14.3. The zero-order valence-electron chi connectivity index (χ0n) is 23.3. The van der Waals surface area contributed by atoms with E-state index in [1.807, 2.05) is 12.1 Å². The molecule has 2 aromatic rings. The first-order valence-electron chi connectivity index (χ1n) is 14.1. The number of hydrogen-bond acceptors (Lipinski definition) is 5. The molecule has 2 rings (SSSR count). The third-order valence-corrected chi connectivity index (χ3v) is 7.05. The van der Waals surface area contributed by atoms with Crippen molar-refractivity contribution in [3.05, 3.63) is 71.8 Å². The molecule has 1 unspecified atom stereocenters. The molecular weight excluding hydrogens is 483 g/mol. The molecular formula is C31H49O5P. The van der Waals surface area contributed by atoms with Crippen LogP contribution in [0.3, 0.4) is 0 Å². The summed E-state index contributed by atoms with van der Waals surface area (Å²) in [6.45, 7) is 6.02. The number of rotatable bonds is 20. The zero-order chi connectivity index (χ0) is 27.0. The number of carbonyl (C=O) groups excluding carboxylic acids is 1. The molecule has 2 aromatic carbocycles. The van der Waals surface area contributed by atoms with Gasteiger partial charge in [-0.3, -0.25) is 4.79 Å². The minimum Gasteiger partial charge on any atom is -0.380 e.